The molecule has 0 spiro atoms. The van der Waals surface area contributed by atoms with Gasteiger partial charge in [-0.3, -0.25) is 4.68 Å². The van der Waals surface area contributed by atoms with Crippen LogP contribution in [0.25, 0.3) is 0 Å². The zero-order valence-electron chi connectivity index (χ0n) is 10.5. The number of nitrogens with zero attached hydrogens (tertiary/aromatic N) is 3. The van der Waals surface area contributed by atoms with Crippen LogP contribution >= 0.6 is 0 Å². The number of aromatic nitrogens is 3. The molecule has 0 aliphatic carbocycles. The van der Waals surface area contributed by atoms with Crippen molar-refractivity contribution < 1.29 is 0 Å². The van der Waals surface area contributed by atoms with E-state index in [1.807, 2.05) is 11.7 Å². The van der Waals surface area contributed by atoms with E-state index in [0.717, 1.165) is 31.0 Å². The van der Waals surface area contributed by atoms with Crippen LogP contribution in [0.1, 0.15) is 38.3 Å². The number of rotatable bonds is 4. The lowest BCUT2D eigenvalue weighted by Gasteiger charge is -2.08. The van der Waals surface area contributed by atoms with Gasteiger partial charge in [0.25, 0.3) is 0 Å². The SMILES string of the molecule is CC(C)Cc1nc(CC2CCCN2)n(C)n1. The first kappa shape index (κ1) is 11.6. The van der Waals surface area contributed by atoms with E-state index in [1.165, 1.54) is 12.8 Å². The Morgan fingerprint density at radius 1 is 1.50 bits per heavy atom. The van der Waals surface area contributed by atoms with E-state index in [0.29, 0.717) is 12.0 Å². The van der Waals surface area contributed by atoms with Crippen molar-refractivity contribution in [1.29, 1.82) is 0 Å². The molecule has 0 aromatic carbocycles. The van der Waals surface area contributed by atoms with Gasteiger partial charge in [0, 0.05) is 25.9 Å². The maximum atomic E-state index is 4.63. The summed E-state index contributed by atoms with van der Waals surface area (Å²) in [6.07, 6.45) is 4.56. The molecule has 1 aliphatic rings. The molecule has 4 heteroatoms. The Morgan fingerprint density at radius 2 is 2.31 bits per heavy atom. The number of aryl methyl sites for hydroxylation is 1. The van der Waals surface area contributed by atoms with E-state index in [2.05, 4.69) is 29.2 Å². The minimum absolute atomic E-state index is 0.606. The Bertz CT molecular complexity index is 337. The zero-order chi connectivity index (χ0) is 11.5. The average molecular weight is 222 g/mol. The van der Waals surface area contributed by atoms with E-state index in [-0.39, 0.29) is 0 Å². The van der Waals surface area contributed by atoms with Gasteiger partial charge in [0.1, 0.15) is 5.82 Å². The smallest absolute Gasteiger partial charge is 0.151 e. The standard InChI is InChI=1S/C12H22N4/c1-9(2)7-11-14-12(16(3)15-11)8-10-5-4-6-13-10/h9-10,13H,4-8H2,1-3H3. The third kappa shape index (κ3) is 2.82. The summed E-state index contributed by atoms with van der Waals surface area (Å²) in [4.78, 5) is 4.63. The fourth-order valence-corrected chi connectivity index (χ4v) is 2.26. The highest BCUT2D eigenvalue weighted by Gasteiger charge is 2.18. The third-order valence-electron chi connectivity index (χ3n) is 3.08. The van der Waals surface area contributed by atoms with Crippen molar-refractivity contribution in [3.8, 4) is 0 Å². The van der Waals surface area contributed by atoms with Gasteiger partial charge in [-0.2, -0.15) is 5.10 Å². The van der Waals surface area contributed by atoms with Gasteiger partial charge in [-0.1, -0.05) is 13.8 Å². The van der Waals surface area contributed by atoms with Gasteiger partial charge >= 0.3 is 0 Å². The van der Waals surface area contributed by atoms with Crippen molar-refractivity contribution in [2.24, 2.45) is 13.0 Å². The molecular weight excluding hydrogens is 200 g/mol. The van der Waals surface area contributed by atoms with Crippen LogP contribution in [-0.2, 0) is 19.9 Å². The number of hydrogen-bond donors (Lipinski definition) is 1. The lowest BCUT2D eigenvalue weighted by Crippen LogP contribution is -2.25. The Balaban J connectivity index is 2.00. The molecule has 2 rings (SSSR count). The highest BCUT2D eigenvalue weighted by molar-refractivity contribution is 4.97. The van der Waals surface area contributed by atoms with Crippen LogP contribution in [-0.4, -0.2) is 27.4 Å². The predicted octanol–water partition coefficient (Wildman–Crippen LogP) is 1.31. The van der Waals surface area contributed by atoms with Crippen molar-refractivity contribution in [3.05, 3.63) is 11.6 Å². The van der Waals surface area contributed by atoms with E-state index in [1.54, 1.807) is 0 Å². The Kier molecular flexibility index (Phi) is 3.59. The summed E-state index contributed by atoms with van der Waals surface area (Å²) in [5, 5.41) is 7.97. The van der Waals surface area contributed by atoms with Gasteiger partial charge in [-0.15, -0.1) is 0 Å². The maximum absolute atomic E-state index is 4.63. The first-order valence-corrected chi connectivity index (χ1v) is 6.27. The lowest BCUT2D eigenvalue weighted by molar-refractivity contribution is 0.561. The van der Waals surface area contributed by atoms with Crippen molar-refractivity contribution >= 4 is 0 Å². The predicted molar refractivity (Wildman–Crippen MR) is 64.3 cm³/mol. The molecule has 1 saturated heterocycles. The molecule has 0 radical (unpaired) electrons. The van der Waals surface area contributed by atoms with E-state index in [9.17, 15) is 0 Å². The normalized spacial score (nSPS) is 20.9. The largest absolute Gasteiger partial charge is 0.314 e. The molecule has 4 nitrogen and oxygen atoms in total. The lowest BCUT2D eigenvalue weighted by atomic mass is 10.1. The first-order chi connectivity index (χ1) is 7.65. The summed E-state index contributed by atoms with van der Waals surface area (Å²) in [6, 6.07) is 0.606. The van der Waals surface area contributed by atoms with Crippen molar-refractivity contribution in [2.75, 3.05) is 6.54 Å². The first-order valence-electron chi connectivity index (χ1n) is 6.27. The molecule has 1 atom stereocenters. The molecule has 1 N–H and O–H groups in total. The van der Waals surface area contributed by atoms with E-state index < -0.39 is 0 Å². The third-order valence-corrected chi connectivity index (χ3v) is 3.08. The molecule has 0 saturated carbocycles. The van der Waals surface area contributed by atoms with Crippen LogP contribution in [0.3, 0.4) is 0 Å². The van der Waals surface area contributed by atoms with Crippen LogP contribution in [0.5, 0.6) is 0 Å². The number of nitrogens with one attached hydrogen (secondary N) is 1. The van der Waals surface area contributed by atoms with Gasteiger partial charge in [0.15, 0.2) is 5.82 Å². The van der Waals surface area contributed by atoms with Crippen LogP contribution in [0, 0.1) is 5.92 Å². The monoisotopic (exact) mass is 222 g/mol. The van der Waals surface area contributed by atoms with Crippen molar-refractivity contribution in [1.82, 2.24) is 20.1 Å². The van der Waals surface area contributed by atoms with Crippen molar-refractivity contribution in [3.63, 3.8) is 0 Å². The second kappa shape index (κ2) is 4.95. The molecule has 1 aromatic rings. The summed E-state index contributed by atoms with van der Waals surface area (Å²) < 4.78 is 1.94. The quantitative estimate of drug-likeness (QED) is 0.835. The Hall–Kier alpha value is -0.900. The average Bonchev–Trinajstić information content (AvgIpc) is 2.77. The molecule has 1 aromatic heterocycles. The summed E-state index contributed by atoms with van der Waals surface area (Å²) >= 11 is 0. The van der Waals surface area contributed by atoms with Gasteiger partial charge in [-0.25, -0.2) is 4.98 Å². The maximum Gasteiger partial charge on any atom is 0.151 e. The summed E-state index contributed by atoms with van der Waals surface area (Å²) in [5.74, 6) is 2.74. The molecule has 1 aliphatic heterocycles. The highest BCUT2D eigenvalue weighted by atomic mass is 15.3. The molecule has 2 heterocycles. The van der Waals surface area contributed by atoms with E-state index in [4.69, 9.17) is 0 Å². The Labute approximate surface area is 97.5 Å². The fraction of sp³-hybridized carbons (Fsp3) is 0.833. The van der Waals surface area contributed by atoms with Crippen LogP contribution in [0.4, 0.5) is 0 Å². The molecular formula is C12H22N4. The molecule has 90 valence electrons. The second-order valence-corrected chi connectivity index (χ2v) is 5.16. The minimum Gasteiger partial charge on any atom is -0.314 e. The van der Waals surface area contributed by atoms with Crippen molar-refractivity contribution in [2.45, 2.75) is 45.6 Å². The van der Waals surface area contributed by atoms with Crippen LogP contribution < -0.4 is 5.32 Å². The molecule has 16 heavy (non-hydrogen) atoms. The van der Waals surface area contributed by atoms with Gasteiger partial charge in [-0.05, 0) is 25.3 Å². The highest BCUT2D eigenvalue weighted by Crippen LogP contribution is 2.11. The number of hydrogen-bond acceptors (Lipinski definition) is 3. The summed E-state index contributed by atoms with van der Waals surface area (Å²) in [7, 11) is 2.00. The van der Waals surface area contributed by atoms with E-state index >= 15 is 0 Å². The summed E-state index contributed by atoms with van der Waals surface area (Å²) in [6.45, 7) is 5.56. The van der Waals surface area contributed by atoms with Gasteiger partial charge < -0.3 is 5.32 Å². The molecule has 1 fully saturated rings. The van der Waals surface area contributed by atoms with Crippen LogP contribution in [0.15, 0.2) is 0 Å². The molecule has 0 amide bonds. The van der Waals surface area contributed by atoms with Gasteiger partial charge in [0.2, 0.25) is 0 Å². The Morgan fingerprint density at radius 3 is 2.94 bits per heavy atom. The van der Waals surface area contributed by atoms with Crippen LogP contribution in [0.2, 0.25) is 0 Å². The zero-order valence-corrected chi connectivity index (χ0v) is 10.5. The minimum atomic E-state index is 0.606. The second-order valence-electron chi connectivity index (χ2n) is 5.16. The van der Waals surface area contributed by atoms with Gasteiger partial charge in [0.05, 0.1) is 0 Å². The molecule has 1 unspecified atom stereocenters. The fourth-order valence-electron chi connectivity index (χ4n) is 2.26. The topological polar surface area (TPSA) is 42.7 Å². The summed E-state index contributed by atoms with van der Waals surface area (Å²) in [5.41, 5.74) is 0. The molecule has 0 bridgehead atoms.